The topological polar surface area (TPSA) is 38.4 Å². The van der Waals surface area contributed by atoms with Gasteiger partial charge in [-0.3, -0.25) is 9.36 Å². The van der Waals surface area contributed by atoms with Crippen LogP contribution in [0.2, 0.25) is 0 Å². The van der Waals surface area contributed by atoms with E-state index in [9.17, 15) is 4.79 Å². The normalized spacial score (nSPS) is 22.5. The number of carbonyl (C=O) groups is 1. The van der Waals surface area contributed by atoms with Crippen molar-refractivity contribution in [2.45, 2.75) is 26.3 Å². The van der Waals surface area contributed by atoms with Gasteiger partial charge in [0, 0.05) is 18.3 Å². The molecule has 0 spiro atoms. The minimum absolute atomic E-state index is 0.0914. The number of hydrogen-bond donors (Lipinski definition) is 0. The maximum Gasteiger partial charge on any atom is 0.265 e. The van der Waals surface area contributed by atoms with E-state index in [4.69, 9.17) is 4.42 Å². The first-order valence-corrected chi connectivity index (χ1v) is 8.51. The lowest BCUT2D eigenvalue weighted by Crippen LogP contribution is -2.36. The molecule has 0 radical (unpaired) electrons. The smallest absolute Gasteiger partial charge is 0.265 e. The Hall–Kier alpha value is -2.55. The Morgan fingerprint density at radius 2 is 2.20 bits per heavy atom. The highest BCUT2D eigenvalue weighted by atomic mass is 16.3. The molecule has 1 aliphatic carbocycles. The van der Waals surface area contributed by atoms with Crippen molar-refractivity contribution in [3.63, 3.8) is 0 Å². The minimum atomic E-state index is -0.0914. The van der Waals surface area contributed by atoms with Crippen LogP contribution in [0.5, 0.6) is 0 Å². The molecule has 2 aromatic rings. The van der Waals surface area contributed by atoms with Gasteiger partial charge in [0.25, 0.3) is 5.91 Å². The third-order valence-electron chi connectivity index (χ3n) is 4.97. The summed E-state index contributed by atoms with van der Waals surface area (Å²) in [6.45, 7) is 4.41. The molecule has 0 aliphatic heterocycles. The Morgan fingerprint density at radius 1 is 1.40 bits per heavy atom. The molecule has 0 fully saturated rings. The maximum absolute atomic E-state index is 12.7. The van der Waals surface area contributed by atoms with Crippen LogP contribution in [0.4, 0.5) is 0 Å². The molecule has 1 aliphatic rings. The molecule has 4 heteroatoms. The van der Waals surface area contributed by atoms with Crippen molar-refractivity contribution >= 4 is 12.0 Å². The Bertz CT molecular complexity index is 847. The number of nitrogens with zero attached hydrogens (tertiary/aromatic N) is 2. The Balaban J connectivity index is 2.07. The number of rotatable bonds is 2. The maximum atomic E-state index is 12.7. The number of aromatic nitrogens is 1. The van der Waals surface area contributed by atoms with Crippen molar-refractivity contribution in [2.75, 3.05) is 14.1 Å². The molecule has 130 valence electrons. The van der Waals surface area contributed by atoms with E-state index >= 15 is 0 Å². The lowest BCUT2D eigenvalue weighted by Gasteiger charge is -2.30. The fourth-order valence-corrected chi connectivity index (χ4v) is 3.28. The number of likely N-dealkylation sites (N-methyl/N-ethyl adjacent to an activating group) is 1. The minimum Gasteiger partial charge on any atom is -0.472 e. The van der Waals surface area contributed by atoms with Crippen LogP contribution in [0.3, 0.4) is 0 Å². The van der Waals surface area contributed by atoms with Crippen LogP contribution in [-0.2, 0) is 6.42 Å². The zero-order chi connectivity index (χ0) is 18.0. The van der Waals surface area contributed by atoms with Crippen molar-refractivity contribution in [1.82, 2.24) is 9.47 Å². The average Bonchev–Trinajstić information content (AvgIpc) is 3.23. The molecule has 0 saturated carbocycles. The highest BCUT2D eigenvalue weighted by molar-refractivity contribution is 5.97. The number of fused-ring (bicyclic) bond motifs is 2. The molecule has 3 rings (SSSR count). The molecule has 0 amide bonds. The highest BCUT2D eigenvalue weighted by Gasteiger charge is 2.23. The molecule has 2 atom stereocenters. The lowest BCUT2D eigenvalue weighted by molar-refractivity contribution is 0.0959. The van der Waals surface area contributed by atoms with Crippen molar-refractivity contribution in [3.05, 3.63) is 71.1 Å². The third-order valence-corrected chi connectivity index (χ3v) is 4.97. The second-order valence-corrected chi connectivity index (χ2v) is 6.87. The second-order valence-electron chi connectivity index (χ2n) is 6.87. The van der Waals surface area contributed by atoms with Crippen LogP contribution in [0.1, 0.15) is 35.5 Å². The van der Waals surface area contributed by atoms with Crippen LogP contribution < -0.4 is 0 Å². The average molecular weight is 336 g/mol. The van der Waals surface area contributed by atoms with Gasteiger partial charge in [0.15, 0.2) is 0 Å². The van der Waals surface area contributed by atoms with Gasteiger partial charge in [0.1, 0.15) is 6.26 Å². The summed E-state index contributed by atoms with van der Waals surface area (Å²) in [5.41, 5.74) is 7.02. The molecule has 2 heterocycles. The summed E-state index contributed by atoms with van der Waals surface area (Å²) < 4.78 is 6.73. The Labute approximate surface area is 148 Å². The van der Waals surface area contributed by atoms with Gasteiger partial charge in [-0.25, -0.2) is 0 Å². The van der Waals surface area contributed by atoms with Gasteiger partial charge < -0.3 is 9.32 Å². The van der Waals surface area contributed by atoms with Gasteiger partial charge in [-0.15, -0.1) is 5.73 Å². The summed E-state index contributed by atoms with van der Waals surface area (Å²) >= 11 is 0. The standard InChI is InChI=1S/C21H24N2O2/c1-15-7-5-6-8-19-11-17(12-20(16(15)2)22(3)4)13-23(19)21(24)18-9-10-25-14-18/h5,7-11,13-14,16,20H,12H2,1-4H3/b15-7+/t6?,16?,20-/m1/s1. The fourth-order valence-electron chi connectivity index (χ4n) is 3.28. The van der Waals surface area contributed by atoms with Gasteiger partial charge in [0.2, 0.25) is 0 Å². The van der Waals surface area contributed by atoms with Crippen molar-refractivity contribution < 1.29 is 9.21 Å². The molecule has 2 aromatic heterocycles. The summed E-state index contributed by atoms with van der Waals surface area (Å²) in [5.74, 6) is 0.314. The number of hydrogen-bond acceptors (Lipinski definition) is 3. The number of allylic oxidation sites excluding steroid dienone is 2. The van der Waals surface area contributed by atoms with Crippen LogP contribution >= 0.6 is 0 Å². The summed E-state index contributed by atoms with van der Waals surface area (Å²) in [7, 11) is 4.22. The third kappa shape index (κ3) is 3.60. The van der Waals surface area contributed by atoms with E-state index in [1.807, 2.05) is 18.3 Å². The van der Waals surface area contributed by atoms with E-state index in [0.717, 1.165) is 17.7 Å². The fraction of sp³-hybridized carbons (Fsp3) is 0.333. The van der Waals surface area contributed by atoms with Crippen LogP contribution in [0.25, 0.3) is 6.08 Å². The summed E-state index contributed by atoms with van der Waals surface area (Å²) in [5, 5.41) is 0. The van der Waals surface area contributed by atoms with E-state index in [0.29, 0.717) is 17.5 Å². The van der Waals surface area contributed by atoms with Crippen molar-refractivity contribution in [3.8, 4) is 0 Å². The quantitative estimate of drug-likeness (QED) is 0.778. The first kappa shape index (κ1) is 17.3. The molecule has 2 bridgehead atoms. The molecule has 1 unspecified atom stereocenters. The summed E-state index contributed by atoms with van der Waals surface area (Å²) in [6, 6.07) is 4.11. The Morgan fingerprint density at radius 3 is 2.88 bits per heavy atom. The highest BCUT2D eigenvalue weighted by Crippen LogP contribution is 2.24. The summed E-state index contributed by atoms with van der Waals surface area (Å²) in [6.07, 6.45) is 11.7. The monoisotopic (exact) mass is 336 g/mol. The molecule has 0 N–H and O–H groups in total. The van der Waals surface area contributed by atoms with Crippen LogP contribution in [-0.4, -0.2) is 35.5 Å². The van der Waals surface area contributed by atoms with E-state index in [-0.39, 0.29) is 5.91 Å². The second kappa shape index (κ2) is 7.14. The zero-order valence-corrected chi connectivity index (χ0v) is 15.2. The van der Waals surface area contributed by atoms with E-state index < -0.39 is 0 Å². The predicted molar refractivity (Wildman–Crippen MR) is 99.5 cm³/mol. The van der Waals surface area contributed by atoms with Crippen molar-refractivity contribution in [2.24, 2.45) is 5.92 Å². The van der Waals surface area contributed by atoms with Crippen LogP contribution in [0, 0.1) is 5.92 Å². The zero-order valence-electron chi connectivity index (χ0n) is 15.2. The SMILES string of the molecule is C/C1=C\C=C=Cc2cc(cn2C(=O)c2ccoc2)C[C@@H](N(C)C)C1C. The van der Waals surface area contributed by atoms with Gasteiger partial charge in [0.05, 0.1) is 17.5 Å². The first-order valence-electron chi connectivity index (χ1n) is 8.51. The van der Waals surface area contributed by atoms with Crippen LogP contribution in [0.15, 0.2) is 58.7 Å². The number of carbonyl (C=O) groups excluding carboxylic acids is 1. The van der Waals surface area contributed by atoms with Gasteiger partial charge in [-0.1, -0.05) is 18.6 Å². The number of furan rings is 1. The molecule has 0 aromatic carbocycles. The molecular weight excluding hydrogens is 312 g/mol. The first-order chi connectivity index (χ1) is 12.0. The Kier molecular flexibility index (Phi) is 4.93. The van der Waals surface area contributed by atoms with Gasteiger partial charge in [-0.05, 0) is 57.1 Å². The molecule has 4 nitrogen and oxygen atoms in total. The van der Waals surface area contributed by atoms with E-state index in [2.05, 4.69) is 50.7 Å². The van der Waals surface area contributed by atoms with Gasteiger partial charge in [-0.2, -0.15) is 0 Å². The molecule has 25 heavy (non-hydrogen) atoms. The van der Waals surface area contributed by atoms with E-state index in [1.54, 1.807) is 10.6 Å². The van der Waals surface area contributed by atoms with Gasteiger partial charge >= 0.3 is 0 Å². The molecule has 0 saturated heterocycles. The predicted octanol–water partition coefficient (Wildman–Crippen LogP) is 4.01. The molecular formula is C21H24N2O2. The van der Waals surface area contributed by atoms with Crippen molar-refractivity contribution in [1.29, 1.82) is 0 Å². The summed E-state index contributed by atoms with van der Waals surface area (Å²) in [4.78, 5) is 15.0. The lowest BCUT2D eigenvalue weighted by atomic mass is 9.89. The van der Waals surface area contributed by atoms with E-state index in [1.165, 1.54) is 18.1 Å². The largest absolute Gasteiger partial charge is 0.472 e.